The molecule has 0 saturated carbocycles. The smallest absolute Gasteiger partial charge is 0.293 e. The number of nitro benzene ring substituents is 1. The fourth-order valence-corrected chi connectivity index (χ4v) is 4.18. The molecule has 2 aliphatic rings. The highest BCUT2D eigenvalue weighted by atomic mass is 16.6. The average molecular weight is 365 g/mol. The third-order valence-corrected chi connectivity index (χ3v) is 5.55. The molecule has 0 aliphatic carbocycles. The maximum absolute atomic E-state index is 13.0. The molecule has 0 unspecified atom stereocenters. The van der Waals surface area contributed by atoms with Crippen LogP contribution in [0.1, 0.15) is 35.7 Å². The van der Waals surface area contributed by atoms with Crippen LogP contribution in [0.25, 0.3) is 0 Å². The standard InChI is InChI=1S/C21H23N3O3/c1-15-5-4-11-22(14-15)19-9-8-17(13-20(19)24(26)27)21(25)23-12-10-16-6-2-3-7-18(16)23/h2-3,6-9,13,15H,4-5,10-12,14H2,1H3/t15-/m0/s1. The number of nitro groups is 1. The van der Waals surface area contributed by atoms with Gasteiger partial charge in [-0.2, -0.15) is 0 Å². The van der Waals surface area contributed by atoms with Crippen molar-refractivity contribution in [2.24, 2.45) is 5.92 Å². The Bertz CT molecular complexity index is 896. The predicted octanol–water partition coefficient (Wildman–Crippen LogP) is 4.03. The van der Waals surface area contributed by atoms with Crippen LogP contribution in [0, 0.1) is 16.0 Å². The second-order valence-electron chi connectivity index (χ2n) is 7.49. The minimum absolute atomic E-state index is 0.0161. The van der Waals surface area contributed by atoms with Crippen LogP contribution in [0.5, 0.6) is 0 Å². The molecule has 0 aromatic heterocycles. The average Bonchev–Trinajstić information content (AvgIpc) is 3.11. The molecule has 0 radical (unpaired) electrons. The van der Waals surface area contributed by atoms with Gasteiger partial charge in [0.25, 0.3) is 11.6 Å². The normalized spacial score (nSPS) is 19.1. The van der Waals surface area contributed by atoms with Gasteiger partial charge in [0.15, 0.2) is 0 Å². The number of nitrogens with zero attached hydrogens (tertiary/aromatic N) is 3. The Balaban J connectivity index is 1.65. The van der Waals surface area contributed by atoms with Gasteiger partial charge in [-0.3, -0.25) is 14.9 Å². The monoisotopic (exact) mass is 365 g/mol. The number of carbonyl (C=O) groups excluding carboxylic acids is 1. The molecule has 6 heteroatoms. The van der Waals surface area contributed by atoms with Crippen LogP contribution >= 0.6 is 0 Å². The van der Waals surface area contributed by atoms with Crippen LogP contribution in [-0.2, 0) is 6.42 Å². The summed E-state index contributed by atoms with van der Waals surface area (Å²) in [6.07, 6.45) is 2.99. The van der Waals surface area contributed by atoms with Crippen molar-refractivity contribution in [1.82, 2.24) is 0 Å². The Morgan fingerprint density at radius 3 is 2.74 bits per heavy atom. The van der Waals surface area contributed by atoms with Crippen molar-refractivity contribution in [2.45, 2.75) is 26.2 Å². The topological polar surface area (TPSA) is 66.7 Å². The van der Waals surface area contributed by atoms with Crippen molar-refractivity contribution in [3.8, 4) is 0 Å². The zero-order valence-corrected chi connectivity index (χ0v) is 15.4. The molecule has 2 aromatic carbocycles. The summed E-state index contributed by atoms with van der Waals surface area (Å²) in [5, 5.41) is 11.7. The molecule has 2 aromatic rings. The molecule has 27 heavy (non-hydrogen) atoms. The molecule has 6 nitrogen and oxygen atoms in total. The number of amides is 1. The van der Waals surface area contributed by atoms with Crippen molar-refractivity contribution in [3.05, 3.63) is 63.7 Å². The van der Waals surface area contributed by atoms with Crippen molar-refractivity contribution in [2.75, 3.05) is 29.4 Å². The first-order chi connectivity index (χ1) is 13.0. The number of piperidine rings is 1. The van der Waals surface area contributed by atoms with Gasteiger partial charge in [0.2, 0.25) is 0 Å². The van der Waals surface area contributed by atoms with Crippen LogP contribution in [0.4, 0.5) is 17.1 Å². The first-order valence-corrected chi connectivity index (χ1v) is 9.48. The molecular formula is C21H23N3O3. The molecule has 2 heterocycles. The van der Waals surface area contributed by atoms with Gasteiger partial charge in [-0.15, -0.1) is 0 Å². The molecule has 140 valence electrons. The number of fused-ring (bicyclic) bond motifs is 1. The molecular weight excluding hydrogens is 342 g/mol. The zero-order chi connectivity index (χ0) is 19.0. The summed E-state index contributed by atoms with van der Waals surface area (Å²) in [6, 6.07) is 12.7. The lowest BCUT2D eigenvalue weighted by atomic mass is 9.99. The summed E-state index contributed by atoms with van der Waals surface area (Å²) in [6.45, 7) is 4.41. The fourth-order valence-electron chi connectivity index (χ4n) is 4.18. The van der Waals surface area contributed by atoms with E-state index in [2.05, 4.69) is 11.8 Å². The van der Waals surface area contributed by atoms with Gasteiger partial charge < -0.3 is 9.80 Å². The van der Waals surface area contributed by atoms with Gasteiger partial charge in [-0.25, -0.2) is 0 Å². The molecule has 1 fully saturated rings. The third kappa shape index (κ3) is 3.27. The predicted molar refractivity (Wildman–Crippen MR) is 106 cm³/mol. The third-order valence-electron chi connectivity index (χ3n) is 5.55. The molecule has 4 rings (SSSR count). The van der Waals surface area contributed by atoms with E-state index in [1.807, 2.05) is 24.3 Å². The Kier molecular flexibility index (Phi) is 4.56. The number of anilines is 2. The molecule has 0 spiro atoms. The Hall–Kier alpha value is -2.89. The minimum atomic E-state index is -0.372. The van der Waals surface area contributed by atoms with Crippen LogP contribution in [0.15, 0.2) is 42.5 Å². The van der Waals surface area contributed by atoms with Gasteiger partial charge in [-0.05, 0) is 48.9 Å². The summed E-state index contributed by atoms with van der Waals surface area (Å²) in [4.78, 5) is 28.1. The van der Waals surface area contributed by atoms with E-state index in [1.165, 1.54) is 6.07 Å². The molecule has 0 N–H and O–H groups in total. The highest BCUT2D eigenvalue weighted by Gasteiger charge is 2.29. The Labute approximate surface area is 158 Å². The van der Waals surface area contributed by atoms with Gasteiger partial charge in [-0.1, -0.05) is 25.1 Å². The second-order valence-corrected chi connectivity index (χ2v) is 7.49. The van der Waals surface area contributed by atoms with Crippen molar-refractivity contribution < 1.29 is 9.72 Å². The first-order valence-electron chi connectivity index (χ1n) is 9.48. The van der Waals surface area contributed by atoms with Gasteiger partial charge in [0, 0.05) is 37.0 Å². The van der Waals surface area contributed by atoms with E-state index in [1.54, 1.807) is 17.0 Å². The number of hydrogen-bond acceptors (Lipinski definition) is 4. The fraction of sp³-hybridized carbons (Fsp3) is 0.381. The summed E-state index contributed by atoms with van der Waals surface area (Å²) in [5.41, 5.74) is 3.04. The lowest BCUT2D eigenvalue weighted by Gasteiger charge is -2.32. The van der Waals surface area contributed by atoms with E-state index in [9.17, 15) is 14.9 Å². The Morgan fingerprint density at radius 1 is 1.15 bits per heavy atom. The number of para-hydroxylation sites is 1. The number of carbonyl (C=O) groups is 1. The molecule has 1 saturated heterocycles. The molecule has 0 bridgehead atoms. The number of benzene rings is 2. The van der Waals surface area contributed by atoms with E-state index in [0.29, 0.717) is 23.7 Å². The Morgan fingerprint density at radius 2 is 1.96 bits per heavy atom. The SMILES string of the molecule is C[C@H]1CCCN(c2ccc(C(=O)N3CCc4ccccc43)cc2[N+](=O)[O-])C1. The zero-order valence-electron chi connectivity index (χ0n) is 15.4. The van der Waals surface area contributed by atoms with E-state index in [-0.39, 0.29) is 16.5 Å². The van der Waals surface area contributed by atoms with E-state index < -0.39 is 0 Å². The van der Waals surface area contributed by atoms with Crippen molar-refractivity contribution in [3.63, 3.8) is 0 Å². The maximum atomic E-state index is 13.0. The van der Waals surface area contributed by atoms with Gasteiger partial charge in [0.1, 0.15) is 5.69 Å². The minimum Gasteiger partial charge on any atom is -0.366 e. The maximum Gasteiger partial charge on any atom is 0.293 e. The quantitative estimate of drug-likeness (QED) is 0.608. The lowest BCUT2D eigenvalue weighted by Crippen LogP contribution is -2.34. The van der Waals surface area contributed by atoms with E-state index >= 15 is 0 Å². The largest absolute Gasteiger partial charge is 0.366 e. The molecule has 1 atom stereocenters. The van der Waals surface area contributed by atoms with Crippen LogP contribution < -0.4 is 9.80 Å². The number of rotatable bonds is 3. The number of hydrogen-bond donors (Lipinski definition) is 0. The van der Waals surface area contributed by atoms with Gasteiger partial charge in [0.05, 0.1) is 4.92 Å². The van der Waals surface area contributed by atoms with Crippen molar-refractivity contribution >= 4 is 23.0 Å². The first kappa shape index (κ1) is 17.5. The highest BCUT2D eigenvalue weighted by Crippen LogP contribution is 2.34. The van der Waals surface area contributed by atoms with Gasteiger partial charge >= 0.3 is 0 Å². The van der Waals surface area contributed by atoms with E-state index in [0.717, 1.165) is 43.6 Å². The lowest BCUT2D eigenvalue weighted by molar-refractivity contribution is -0.384. The second kappa shape index (κ2) is 7.02. The molecule has 1 amide bonds. The van der Waals surface area contributed by atoms with Crippen molar-refractivity contribution in [1.29, 1.82) is 0 Å². The highest BCUT2D eigenvalue weighted by molar-refractivity contribution is 6.08. The molecule has 2 aliphatic heterocycles. The summed E-state index contributed by atoms with van der Waals surface area (Å²) < 4.78 is 0. The van der Waals surface area contributed by atoms with Crippen LogP contribution in [0.3, 0.4) is 0 Å². The van der Waals surface area contributed by atoms with Crippen LogP contribution in [-0.4, -0.2) is 30.5 Å². The summed E-state index contributed by atoms with van der Waals surface area (Å²) >= 11 is 0. The summed E-state index contributed by atoms with van der Waals surface area (Å²) in [7, 11) is 0. The van der Waals surface area contributed by atoms with Crippen LogP contribution in [0.2, 0.25) is 0 Å². The summed E-state index contributed by atoms with van der Waals surface area (Å²) in [5.74, 6) is 0.336. The van der Waals surface area contributed by atoms with E-state index in [4.69, 9.17) is 0 Å².